The third-order valence-electron chi connectivity index (χ3n) is 1.65. The van der Waals surface area contributed by atoms with Crippen molar-refractivity contribution < 1.29 is 14.3 Å². The molecule has 1 atom stereocenters. The van der Waals surface area contributed by atoms with Crippen LogP contribution in [0.25, 0.3) is 0 Å². The minimum absolute atomic E-state index is 0.449. The summed E-state index contributed by atoms with van der Waals surface area (Å²) in [5.74, 6) is -1.63. The summed E-state index contributed by atoms with van der Waals surface area (Å²) in [7, 11) is 1.22. The van der Waals surface area contributed by atoms with Crippen LogP contribution in [-0.2, 0) is 14.3 Å². The fourth-order valence-corrected chi connectivity index (χ4v) is 0.909. The number of hydrogen-bond acceptors (Lipinski definition) is 4. The van der Waals surface area contributed by atoms with Gasteiger partial charge >= 0.3 is 5.97 Å². The van der Waals surface area contributed by atoms with E-state index in [1.807, 2.05) is 6.92 Å². The molecule has 5 heteroatoms. The number of rotatable bonds is 2. The third kappa shape index (κ3) is 1.99. The van der Waals surface area contributed by atoms with Gasteiger partial charge in [0.25, 0.3) is 5.91 Å². The van der Waals surface area contributed by atoms with Crippen LogP contribution in [-0.4, -0.2) is 31.0 Å². The number of hydrogen-bond donors (Lipinski definition) is 0. The summed E-state index contributed by atoms with van der Waals surface area (Å²) in [4.78, 5) is 29.6. The van der Waals surface area contributed by atoms with Crippen molar-refractivity contribution in [3.8, 4) is 0 Å². The molecular formula is C8H10N2O3. The Morgan fingerprint density at radius 3 is 2.85 bits per heavy atom. The van der Waals surface area contributed by atoms with Crippen LogP contribution in [0.1, 0.15) is 13.3 Å². The highest BCUT2D eigenvalue weighted by Gasteiger charge is 2.28. The van der Waals surface area contributed by atoms with Gasteiger partial charge in [0.2, 0.25) is 0 Å². The number of amidine groups is 1. The number of methoxy groups -OCH3 is 1. The van der Waals surface area contributed by atoms with E-state index in [2.05, 4.69) is 14.7 Å². The number of ether oxygens (including phenoxy) is 1. The minimum atomic E-state index is -0.958. The molecule has 1 aliphatic heterocycles. The lowest BCUT2D eigenvalue weighted by Gasteiger charge is -2.09. The van der Waals surface area contributed by atoms with E-state index >= 15 is 0 Å². The molecule has 5 nitrogen and oxygen atoms in total. The number of nitrogens with zero attached hydrogens (tertiary/aromatic N) is 2. The summed E-state index contributed by atoms with van der Waals surface area (Å²) < 4.78 is 4.41. The molecule has 0 fully saturated rings. The predicted octanol–water partition coefficient (Wildman–Crippen LogP) is 0.195. The molecule has 0 aromatic carbocycles. The predicted molar refractivity (Wildman–Crippen MR) is 46.7 cm³/mol. The molecular weight excluding hydrogens is 172 g/mol. The maximum Gasteiger partial charge on any atom is 0.323 e. The van der Waals surface area contributed by atoms with Gasteiger partial charge in [0, 0.05) is 12.6 Å². The van der Waals surface area contributed by atoms with Crippen molar-refractivity contribution in [3.05, 3.63) is 0 Å². The summed E-state index contributed by atoms with van der Waals surface area (Å²) in [5.41, 5.74) is 0. The van der Waals surface area contributed by atoms with Gasteiger partial charge in [0.05, 0.1) is 7.11 Å². The summed E-state index contributed by atoms with van der Waals surface area (Å²) in [6.45, 7) is 1.84. The van der Waals surface area contributed by atoms with E-state index < -0.39 is 17.8 Å². The Balaban J connectivity index is 2.77. The van der Waals surface area contributed by atoms with Crippen LogP contribution in [0.5, 0.6) is 0 Å². The van der Waals surface area contributed by atoms with Gasteiger partial charge < -0.3 is 4.74 Å². The highest BCUT2D eigenvalue weighted by atomic mass is 16.5. The van der Waals surface area contributed by atoms with E-state index in [0.717, 1.165) is 0 Å². The normalized spacial score (nSPS) is 21.2. The highest BCUT2D eigenvalue weighted by molar-refractivity contribution is 6.18. The van der Waals surface area contributed by atoms with Gasteiger partial charge in [-0.1, -0.05) is 6.92 Å². The average molecular weight is 182 g/mol. The second-order valence-corrected chi connectivity index (χ2v) is 2.50. The number of esters is 1. The quantitative estimate of drug-likeness (QED) is 0.452. The number of aliphatic imine (C=N–C) groups is 2. The van der Waals surface area contributed by atoms with Crippen molar-refractivity contribution in [2.24, 2.45) is 15.9 Å². The van der Waals surface area contributed by atoms with Crippen molar-refractivity contribution in [1.82, 2.24) is 0 Å². The first kappa shape index (κ1) is 9.57. The van der Waals surface area contributed by atoms with Crippen molar-refractivity contribution in [3.63, 3.8) is 0 Å². The van der Waals surface area contributed by atoms with Crippen LogP contribution < -0.4 is 0 Å². The fraction of sp³-hybridized carbons (Fsp3) is 0.500. The molecule has 1 amide bonds. The van der Waals surface area contributed by atoms with Gasteiger partial charge in [0.15, 0.2) is 5.92 Å². The van der Waals surface area contributed by atoms with Crippen molar-refractivity contribution >= 4 is 23.9 Å². The van der Waals surface area contributed by atoms with E-state index in [1.54, 1.807) is 0 Å². The largest absolute Gasteiger partial charge is 0.468 e. The van der Waals surface area contributed by atoms with Crippen LogP contribution in [0.2, 0.25) is 0 Å². The Kier molecular flexibility index (Phi) is 2.89. The third-order valence-corrected chi connectivity index (χ3v) is 1.65. The maximum atomic E-state index is 11.2. The molecule has 0 aromatic heterocycles. The number of carbonyl (C=O) groups is 2. The zero-order valence-corrected chi connectivity index (χ0v) is 7.48. The Labute approximate surface area is 75.5 Å². The Hall–Kier alpha value is -1.52. The molecule has 1 heterocycles. The highest BCUT2D eigenvalue weighted by Crippen LogP contribution is 2.06. The molecule has 0 saturated heterocycles. The van der Waals surface area contributed by atoms with Gasteiger partial charge in [-0.25, -0.2) is 4.99 Å². The first-order chi connectivity index (χ1) is 6.19. The molecule has 1 rings (SSSR count). The standard InChI is InChI=1S/C8H10N2O3/c1-3-6-9-4-5(7(11)10-6)8(12)13-2/h4-5H,3H2,1-2H3. The fourth-order valence-electron chi connectivity index (χ4n) is 0.909. The van der Waals surface area contributed by atoms with Gasteiger partial charge in [0.1, 0.15) is 5.84 Å². The lowest BCUT2D eigenvalue weighted by Crippen LogP contribution is -2.29. The number of amides is 1. The molecule has 13 heavy (non-hydrogen) atoms. The lowest BCUT2D eigenvalue weighted by atomic mass is 10.1. The second-order valence-electron chi connectivity index (χ2n) is 2.50. The number of carbonyl (C=O) groups excluding carboxylic acids is 2. The van der Waals surface area contributed by atoms with Crippen molar-refractivity contribution in [2.45, 2.75) is 13.3 Å². The average Bonchev–Trinajstić information content (AvgIpc) is 2.16. The molecule has 0 aliphatic carbocycles. The Morgan fingerprint density at radius 2 is 2.38 bits per heavy atom. The Bertz CT molecular complexity index is 294. The zero-order valence-electron chi connectivity index (χ0n) is 7.48. The molecule has 0 N–H and O–H groups in total. The second kappa shape index (κ2) is 3.93. The van der Waals surface area contributed by atoms with Gasteiger partial charge in [-0.2, -0.15) is 4.99 Å². The van der Waals surface area contributed by atoms with Crippen LogP contribution in [0.15, 0.2) is 9.98 Å². The van der Waals surface area contributed by atoms with Crippen LogP contribution >= 0.6 is 0 Å². The first-order valence-corrected chi connectivity index (χ1v) is 3.92. The van der Waals surface area contributed by atoms with E-state index in [4.69, 9.17) is 0 Å². The van der Waals surface area contributed by atoms with Crippen LogP contribution in [0, 0.1) is 5.92 Å². The molecule has 0 saturated carbocycles. The monoisotopic (exact) mass is 182 g/mol. The molecule has 0 aromatic rings. The summed E-state index contributed by atoms with van der Waals surface area (Å²) >= 11 is 0. The minimum Gasteiger partial charge on any atom is -0.468 e. The zero-order chi connectivity index (χ0) is 9.84. The molecule has 70 valence electrons. The SMILES string of the molecule is CCC1=NC(=O)C(C(=O)OC)C=N1. The van der Waals surface area contributed by atoms with Crippen molar-refractivity contribution in [1.29, 1.82) is 0 Å². The van der Waals surface area contributed by atoms with E-state index in [1.165, 1.54) is 13.3 Å². The van der Waals surface area contributed by atoms with E-state index in [9.17, 15) is 9.59 Å². The molecule has 0 spiro atoms. The summed E-state index contributed by atoms with van der Waals surface area (Å²) in [5, 5.41) is 0. The van der Waals surface area contributed by atoms with Gasteiger partial charge in [-0.3, -0.25) is 9.59 Å². The van der Waals surface area contributed by atoms with Gasteiger partial charge in [-0.05, 0) is 0 Å². The van der Waals surface area contributed by atoms with Gasteiger partial charge in [-0.15, -0.1) is 0 Å². The lowest BCUT2D eigenvalue weighted by molar-refractivity contribution is -0.146. The Morgan fingerprint density at radius 1 is 1.69 bits per heavy atom. The summed E-state index contributed by atoms with van der Waals surface area (Å²) in [6, 6.07) is 0. The molecule has 0 bridgehead atoms. The summed E-state index contributed by atoms with van der Waals surface area (Å²) in [6.07, 6.45) is 1.86. The maximum absolute atomic E-state index is 11.2. The van der Waals surface area contributed by atoms with Crippen LogP contribution in [0.4, 0.5) is 0 Å². The molecule has 1 unspecified atom stereocenters. The van der Waals surface area contributed by atoms with Crippen LogP contribution in [0.3, 0.4) is 0 Å². The van der Waals surface area contributed by atoms with Crippen molar-refractivity contribution in [2.75, 3.05) is 7.11 Å². The first-order valence-electron chi connectivity index (χ1n) is 3.92. The molecule has 0 radical (unpaired) electrons. The molecule has 1 aliphatic rings. The topological polar surface area (TPSA) is 68.1 Å². The van der Waals surface area contributed by atoms with E-state index in [-0.39, 0.29) is 0 Å². The smallest absolute Gasteiger partial charge is 0.323 e. The van der Waals surface area contributed by atoms with E-state index in [0.29, 0.717) is 12.3 Å².